The highest BCUT2D eigenvalue weighted by Crippen LogP contribution is 2.52. The van der Waals surface area contributed by atoms with Gasteiger partial charge in [-0.15, -0.1) is 0 Å². The highest BCUT2D eigenvalue weighted by molar-refractivity contribution is 6.21. The van der Waals surface area contributed by atoms with E-state index < -0.39 is 0 Å². The van der Waals surface area contributed by atoms with Crippen molar-refractivity contribution in [2.45, 2.75) is 12.0 Å². The Morgan fingerprint density at radius 3 is 1.84 bits per heavy atom. The Morgan fingerprint density at radius 2 is 1.09 bits per heavy atom. The van der Waals surface area contributed by atoms with Gasteiger partial charge in [0.2, 0.25) is 0 Å². The van der Waals surface area contributed by atoms with Gasteiger partial charge in [0.25, 0.3) is 0 Å². The van der Waals surface area contributed by atoms with Crippen LogP contribution in [0.25, 0.3) is 88.2 Å². The molecule has 10 aromatic rings. The second kappa shape index (κ2) is 12.1. The van der Waals surface area contributed by atoms with Crippen molar-refractivity contribution in [2.24, 2.45) is 0 Å². The van der Waals surface area contributed by atoms with E-state index in [1.807, 2.05) is 6.07 Å². The minimum absolute atomic E-state index is 0.164. The molecule has 0 radical (unpaired) electrons. The van der Waals surface area contributed by atoms with Crippen LogP contribution in [0.15, 0.2) is 180 Å². The van der Waals surface area contributed by atoms with Crippen molar-refractivity contribution in [3.8, 4) is 28.5 Å². The van der Waals surface area contributed by atoms with Crippen molar-refractivity contribution in [2.75, 3.05) is 0 Å². The molecular formula is C51H31N3O2. The lowest BCUT2D eigenvalue weighted by atomic mass is 9.79. The molecule has 0 saturated heterocycles. The molecular weight excluding hydrogens is 687 g/mol. The number of benzene rings is 8. The molecule has 0 saturated carbocycles. The number of rotatable bonds is 4. The van der Waals surface area contributed by atoms with Gasteiger partial charge < -0.3 is 9.15 Å². The molecule has 0 N–H and O–H groups in total. The van der Waals surface area contributed by atoms with E-state index in [0.29, 0.717) is 17.5 Å². The first-order valence-electron chi connectivity index (χ1n) is 19.0. The summed E-state index contributed by atoms with van der Waals surface area (Å²) in [6, 6.07) is 57.1. The van der Waals surface area contributed by atoms with Gasteiger partial charge in [0.05, 0.1) is 5.92 Å². The van der Waals surface area contributed by atoms with Crippen LogP contribution >= 0.6 is 0 Å². The number of aromatic nitrogens is 3. The number of ether oxygens (including phenoxy) is 1. The smallest absolute Gasteiger partial charge is 0.164 e. The van der Waals surface area contributed by atoms with Crippen LogP contribution in [0.5, 0.6) is 5.75 Å². The van der Waals surface area contributed by atoms with Gasteiger partial charge in [-0.05, 0) is 68.2 Å². The molecule has 2 aliphatic rings. The molecule has 2 aromatic heterocycles. The number of hydrogen-bond donors (Lipinski definition) is 0. The summed E-state index contributed by atoms with van der Waals surface area (Å²) in [6.45, 7) is 0. The van der Waals surface area contributed by atoms with Gasteiger partial charge in [0.15, 0.2) is 17.5 Å². The topological polar surface area (TPSA) is 61.0 Å². The van der Waals surface area contributed by atoms with Gasteiger partial charge in [-0.25, -0.2) is 15.0 Å². The molecule has 262 valence electrons. The number of hydrogen-bond acceptors (Lipinski definition) is 5. The fraction of sp³-hybridized carbons (Fsp3) is 0.0392. The molecule has 8 aromatic carbocycles. The van der Waals surface area contributed by atoms with Gasteiger partial charge in [-0.1, -0.05) is 146 Å². The maximum absolute atomic E-state index is 6.83. The van der Waals surface area contributed by atoms with Crippen LogP contribution in [0.4, 0.5) is 0 Å². The Bertz CT molecular complexity index is 3220. The lowest BCUT2D eigenvalue weighted by Crippen LogP contribution is -2.22. The van der Waals surface area contributed by atoms with Gasteiger partial charge in [-0.3, -0.25) is 0 Å². The third-order valence-corrected chi connectivity index (χ3v) is 11.5. The Morgan fingerprint density at radius 1 is 0.482 bits per heavy atom. The molecule has 3 heterocycles. The van der Waals surface area contributed by atoms with Crippen LogP contribution in [0, 0.1) is 0 Å². The minimum atomic E-state index is -0.227. The maximum atomic E-state index is 6.83. The molecule has 1 aliphatic heterocycles. The number of fused-ring (bicyclic) bond motifs is 10. The first-order chi connectivity index (χ1) is 27.7. The highest BCUT2D eigenvalue weighted by Gasteiger charge is 2.41. The Balaban J connectivity index is 1.16. The molecule has 0 bridgehead atoms. The zero-order valence-electron chi connectivity index (χ0n) is 30.1. The van der Waals surface area contributed by atoms with Crippen molar-refractivity contribution in [1.82, 2.24) is 15.0 Å². The van der Waals surface area contributed by atoms with Crippen LogP contribution in [0.2, 0.25) is 0 Å². The number of nitrogens with zero attached hydrogens (tertiary/aromatic N) is 3. The molecule has 0 amide bonds. The van der Waals surface area contributed by atoms with Crippen molar-refractivity contribution in [1.29, 1.82) is 0 Å². The van der Waals surface area contributed by atoms with Gasteiger partial charge in [-0.2, -0.15) is 0 Å². The predicted octanol–water partition coefficient (Wildman–Crippen LogP) is 12.6. The molecule has 5 nitrogen and oxygen atoms in total. The summed E-state index contributed by atoms with van der Waals surface area (Å²) in [7, 11) is 0. The van der Waals surface area contributed by atoms with E-state index >= 15 is 0 Å². The van der Waals surface area contributed by atoms with E-state index in [1.54, 1.807) is 0 Å². The standard InChI is InChI=1S/C51H31N3O2/c1-3-13-33-28-35(22-20-30(33)10-1)49-52-50(36-23-21-31-11-2-4-14-34(31)29-36)54-51(53-49)47-38(25-27-44-46(47)40-16-7-8-19-42(40)55-44)39-17-9-18-41-45-37-15-6-5-12-32(37)24-26-43(45)56-48(39)41/h1-29,44,46H. The van der Waals surface area contributed by atoms with Crippen molar-refractivity contribution >= 4 is 65.4 Å². The van der Waals surface area contributed by atoms with E-state index in [1.165, 1.54) is 10.8 Å². The van der Waals surface area contributed by atoms with Crippen LogP contribution in [-0.2, 0) is 0 Å². The third kappa shape index (κ3) is 4.77. The lowest BCUT2D eigenvalue weighted by molar-refractivity contribution is 0.271. The average Bonchev–Trinajstić information content (AvgIpc) is 3.85. The Kier molecular flexibility index (Phi) is 6.69. The quantitative estimate of drug-likeness (QED) is 0.181. The summed E-state index contributed by atoms with van der Waals surface area (Å²) in [6.07, 6.45) is 4.13. The molecule has 0 fully saturated rings. The first kappa shape index (κ1) is 31.0. The van der Waals surface area contributed by atoms with Gasteiger partial charge in [0.1, 0.15) is 23.0 Å². The summed E-state index contributed by atoms with van der Waals surface area (Å²) >= 11 is 0. The van der Waals surface area contributed by atoms with E-state index in [0.717, 1.165) is 82.6 Å². The van der Waals surface area contributed by atoms with Crippen LogP contribution < -0.4 is 4.74 Å². The van der Waals surface area contributed by atoms with E-state index in [2.05, 4.69) is 170 Å². The van der Waals surface area contributed by atoms with E-state index in [-0.39, 0.29) is 12.0 Å². The molecule has 2 atom stereocenters. The van der Waals surface area contributed by atoms with Crippen LogP contribution in [-0.4, -0.2) is 21.1 Å². The predicted molar refractivity (Wildman–Crippen MR) is 226 cm³/mol. The van der Waals surface area contributed by atoms with Crippen molar-refractivity contribution in [3.63, 3.8) is 0 Å². The largest absolute Gasteiger partial charge is 0.485 e. The second-order valence-electron chi connectivity index (χ2n) is 14.7. The number of para-hydroxylation sites is 2. The first-order valence-corrected chi connectivity index (χ1v) is 19.0. The molecule has 2 unspecified atom stereocenters. The van der Waals surface area contributed by atoms with Crippen LogP contribution in [0.1, 0.15) is 22.9 Å². The molecule has 12 rings (SSSR count). The lowest BCUT2D eigenvalue weighted by Gasteiger charge is -2.26. The van der Waals surface area contributed by atoms with Gasteiger partial charge >= 0.3 is 0 Å². The zero-order chi connectivity index (χ0) is 36.7. The second-order valence-corrected chi connectivity index (χ2v) is 14.7. The number of allylic oxidation sites excluding steroid dienone is 2. The van der Waals surface area contributed by atoms with Crippen molar-refractivity contribution < 1.29 is 9.15 Å². The zero-order valence-corrected chi connectivity index (χ0v) is 30.1. The summed E-state index contributed by atoms with van der Waals surface area (Å²) in [4.78, 5) is 16.0. The minimum Gasteiger partial charge on any atom is -0.485 e. The molecule has 56 heavy (non-hydrogen) atoms. The Hall–Kier alpha value is -7.37. The van der Waals surface area contributed by atoms with Gasteiger partial charge in [0, 0.05) is 38.6 Å². The fourth-order valence-corrected chi connectivity index (χ4v) is 8.84. The summed E-state index contributed by atoms with van der Waals surface area (Å²) in [5.41, 5.74) is 7.61. The average molecular weight is 718 g/mol. The summed E-state index contributed by atoms with van der Waals surface area (Å²) < 4.78 is 13.5. The van der Waals surface area contributed by atoms with Crippen LogP contribution in [0.3, 0.4) is 0 Å². The molecule has 1 aliphatic carbocycles. The normalized spacial score (nSPS) is 16.2. The number of furan rings is 1. The van der Waals surface area contributed by atoms with E-state index in [4.69, 9.17) is 24.1 Å². The third-order valence-electron chi connectivity index (χ3n) is 11.5. The van der Waals surface area contributed by atoms with E-state index in [9.17, 15) is 0 Å². The van der Waals surface area contributed by atoms with Crippen molar-refractivity contribution in [3.05, 3.63) is 193 Å². The molecule has 5 heteroatoms. The maximum Gasteiger partial charge on any atom is 0.164 e. The summed E-state index contributed by atoms with van der Waals surface area (Å²) in [5, 5.41) is 9.12. The molecule has 0 spiro atoms. The fourth-order valence-electron chi connectivity index (χ4n) is 8.84. The Labute approximate surface area is 321 Å². The highest BCUT2D eigenvalue weighted by atomic mass is 16.5. The SMILES string of the molecule is C1=CC2Oc3ccccc3C2C(c2nc(-c3ccc4ccccc4c3)nc(-c3ccc4ccccc4c3)n2)=C1c1cccc2c1oc1ccc3ccccc3c12. The monoisotopic (exact) mass is 717 g/mol. The summed E-state index contributed by atoms with van der Waals surface area (Å²) in [5.74, 6) is 2.55.